The molecule has 3 heteroatoms. The van der Waals surface area contributed by atoms with Crippen molar-refractivity contribution >= 4 is 0 Å². The zero-order valence-corrected chi connectivity index (χ0v) is 7.18. The summed E-state index contributed by atoms with van der Waals surface area (Å²) in [6, 6.07) is 0. The largest absolute Gasteiger partial charge is 0.613 e. The van der Waals surface area contributed by atoms with Gasteiger partial charge in [-0.2, -0.15) is 5.01 Å². The number of hydroxylamine groups is 1. The van der Waals surface area contributed by atoms with Crippen LogP contribution in [0.5, 0.6) is 0 Å². The van der Waals surface area contributed by atoms with Crippen LogP contribution in [0.1, 0.15) is 26.7 Å². The fraction of sp³-hybridized carbons (Fsp3) is 1.00. The lowest BCUT2D eigenvalue weighted by Gasteiger charge is -2.30. The van der Waals surface area contributed by atoms with Crippen molar-refractivity contribution in [1.82, 2.24) is 5.01 Å². The summed E-state index contributed by atoms with van der Waals surface area (Å²) in [5.74, 6) is 0. The third-order valence-corrected chi connectivity index (χ3v) is 1.45. The molecule has 0 rings (SSSR count). The highest BCUT2D eigenvalue weighted by Gasteiger charge is 2.01. The molecule has 0 fully saturated rings. The van der Waals surface area contributed by atoms with Crippen LogP contribution in [0.25, 0.3) is 0 Å². The molecule has 0 aromatic heterocycles. The van der Waals surface area contributed by atoms with Crippen LogP contribution in [0.3, 0.4) is 0 Å². The zero-order chi connectivity index (χ0) is 7.98. The summed E-state index contributed by atoms with van der Waals surface area (Å²) < 4.78 is 0. The molecule has 0 saturated heterocycles. The molecule has 0 amide bonds. The Morgan fingerprint density at radius 3 is 2.30 bits per heavy atom. The molecule has 62 valence electrons. The number of nitrogens with one attached hydrogen (secondary N) is 1. The molecule has 1 unspecified atom stereocenters. The van der Waals surface area contributed by atoms with Crippen molar-refractivity contribution in [2.24, 2.45) is 0 Å². The second kappa shape index (κ2) is 5.65. The van der Waals surface area contributed by atoms with Gasteiger partial charge in [0.1, 0.15) is 0 Å². The molecular weight excluding hydrogens is 128 g/mol. The fourth-order valence-corrected chi connectivity index (χ4v) is 0.865. The molecule has 0 saturated carbocycles. The van der Waals surface area contributed by atoms with Crippen LogP contribution in [-0.2, 0) is 0 Å². The van der Waals surface area contributed by atoms with Crippen LogP contribution in [-0.4, -0.2) is 25.1 Å². The lowest BCUT2D eigenvalue weighted by Crippen LogP contribution is -3.13. The molecule has 0 bridgehead atoms. The molecule has 0 aromatic rings. The molecule has 0 aliphatic carbocycles. The highest BCUT2D eigenvalue weighted by atomic mass is 16.5. The van der Waals surface area contributed by atoms with Crippen LogP contribution in [0, 0.1) is 5.21 Å². The van der Waals surface area contributed by atoms with E-state index in [1.807, 2.05) is 14.0 Å². The molecule has 0 spiro atoms. The number of rotatable bonds is 5. The minimum atomic E-state index is 0.268. The predicted molar refractivity (Wildman–Crippen MR) is 42.4 cm³/mol. The van der Waals surface area contributed by atoms with Gasteiger partial charge in [-0.15, -0.1) is 0 Å². The standard InChI is InChI=1S/C7H18N2O/c1-4-6-8(3)9(10)7-5-2/h9H,4-7H2,1-3H3. The zero-order valence-electron chi connectivity index (χ0n) is 7.18. The van der Waals surface area contributed by atoms with Crippen LogP contribution in [0.15, 0.2) is 0 Å². The average Bonchev–Trinajstić information content (AvgIpc) is 1.89. The second-order valence-electron chi connectivity index (χ2n) is 2.57. The first kappa shape index (κ1) is 9.88. The Hall–Kier alpha value is -0.120. The lowest BCUT2D eigenvalue weighted by atomic mass is 10.5. The van der Waals surface area contributed by atoms with Gasteiger partial charge in [0.2, 0.25) is 0 Å². The summed E-state index contributed by atoms with van der Waals surface area (Å²) in [5, 5.41) is 13.1. The molecular formula is C7H18N2O. The Balaban J connectivity index is 3.38. The van der Waals surface area contributed by atoms with E-state index in [1.54, 1.807) is 5.01 Å². The van der Waals surface area contributed by atoms with E-state index in [2.05, 4.69) is 6.92 Å². The highest BCUT2D eigenvalue weighted by Crippen LogP contribution is 1.76. The van der Waals surface area contributed by atoms with Crippen LogP contribution in [0.4, 0.5) is 0 Å². The molecule has 0 aliphatic heterocycles. The summed E-state index contributed by atoms with van der Waals surface area (Å²) in [6.07, 6.45) is 2.00. The van der Waals surface area contributed by atoms with Gasteiger partial charge in [0.15, 0.2) is 0 Å². The van der Waals surface area contributed by atoms with Crippen molar-refractivity contribution in [3.63, 3.8) is 0 Å². The molecule has 3 nitrogen and oxygen atoms in total. The van der Waals surface area contributed by atoms with Gasteiger partial charge < -0.3 is 5.21 Å². The van der Waals surface area contributed by atoms with Crippen molar-refractivity contribution in [3.05, 3.63) is 5.21 Å². The molecule has 0 aliphatic rings. The van der Waals surface area contributed by atoms with E-state index in [1.165, 1.54) is 0 Å². The summed E-state index contributed by atoms with van der Waals surface area (Å²) in [6.45, 7) is 5.68. The molecule has 1 N–H and O–H groups in total. The number of hydrogen-bond acceptors (Lipinski definition) is 2. The third-order valence-electron chi connectivity index (χ3n) is 1.45. The SMILES string of the molecule is CCCN(C)[NH+]([O-])CCC. The summed E-state index contributed by atoms with van der Waals surface area (Å²) in [4.78, 5) is 0. The first-order valence-electron chi connectivity index (χ1n) is 3.96. The number of nitrogens with zero attached hydrogens (tertiary/aromatic N) is 1. The lowest BCUT2D eigenvalue weighted by molar-refractivity contribution is -0.969. The summed E-state index contributed by atoms with van der Waals surface area (Å²) >= 11 is 0. The Bertz CT molecular complexity index is 68.0. The first-order valence-corrected chi connectivity index (χ1v) is 3.96. The Morgan fingerprint density at radius 1 is 1.30 bits per heavy atom. The van der Waals surface area contributed by atoms with E-state index < -0.39 is 0 Å². The maximum Gasteiger partial charge on any atom is 0.0943 e. The van der Waals surface area contributed by atoms with Crippen molar-refractivity contribution < 1.29 is 5.17 Å². The van der Waals surface area contributed by atoms with Crippen LogP contribution in [0.2, 0.25) is 0 Å². The van der Waals surface area contributed by atoms with E-state index in [4.69, 9.17) is 0 Å². The molecule has 0 heterocycles. The predicted octanol–water partition coefficient (Wildman–Crippen LogP) is 0.0359. The van der Waals surface area contributed by atoms with Gasteiger partial charge >= 0.3 is 0 Å². The van der Waals surface area contributed by atoms with E-state index in [9.17, 15) is 5.21 Å². The Morgan fingerprint density at radius 2 is 1.90 bits per heavy atom. The minimum absolute atomic E-state index is 0.268. The normalized spacial score (nSPS) is 14.1. The Kier molecular flexibility index (Phi) is 5.58. The van der Waals surface area contributed by atoms with Crippen LogP contribution >= 0.6 is 0 Å². The minimum Gasteiger partial charge on any atom is -0.613 e. The van der Waals surface area contributed by atoms with Crippen molar-refractivity contribution in [1.29, 1.82) is 0 Å². The van der Waals surface area contributed by atoms with Gasteiger partial charge in [-0.25, -0.2) is 0 Å². The molecule has 0 aromatic carbocycles. The van der Waals surface area contributed by atoms with Gasteiger partial charge in [0.25, 0.3) is 0 Å². The van der Waals surface area contributed by atoms with E-state index in [0.29, 0.717) is 6.54 Å². The first-order chi connectivity index (χ1) is 4.72. The quantitative estimate of drug-likeness (QED) is 0.555. The van der Waals surface area contributed by atoms with Gasteiger partial charge in [0.05, 0.1) is 6.54 Å². The summed E-state index contributed by atoms with van der Waals surface area (Å²) in [5.41, 5.74) is 0. The molecule has 10 heavy (non-hydrogen) atoms. The Labute approximate surface area is 63.2 Å². The number of quaternary nitrogens is 1. The molecule has 0 radical (unpaired) electrons. The van der Waals surface area contributed by atoms with Crippen molar-refractivity contribution in [3.8, 4) is 0 Å². The van der Waals surface area contributed by atoms with Gasteiger partial charge in [-0.1, -0.05) is 13.8 Å². The average molecular weight is 146 g/mol. The smallest absolute Gasteiger partial charge is 0.0943 e. The fourth-order valence-electron chi connectivity index (χ4n) is 0.865. The summed E-state index contributed by atoms with van der Waals surface area (Å²) in [7, 11) is 1.86. The van der Waals surface area contributed by atoms with E-state index in [0.717, 1.165) is 19.4 Å². The van der Waals surface area contributed by atoms with Crippen molar-refractivity contribution in [2.75, 3.05) is 20.1 Å². The van der Waals surface area contributed by atoms with Gasteiger partial charge in [-0.3, -0.25) is 5.17 Å². The van der Waals surface area contributed by atoms with Crippen LogP contribution < -0.4 is 5.17 Å². The van der Waals surface area contributed by atoms with E-state index in [-0.39, 0.29) is 5.17 Å². The van der Waals surface area contributed by atoms with Crippen molar-refractivity contribution in [2.45, 2.75) is 26.7 Å². The maximum atomic E-state index is 11.1. The topological polar surface area (TPSA) is 30.7 Å². The van der Waals surface area contributed by atoms with Gasteiger partial charge in [0, 0.05) is 13.6 Å². The van der Waals surface area contributed by atoms with E-state index >= 15 is 0 Å². The highest BCUT2D eigenvalue weighted by molar-refractivity contribution is 4.32. The second-order valence-corrected chi connectivity index (χ2v) is 2.57. The third kappa shape index (κ3) is 3.82. The van der Waals surface area contributed by atoms with Gasteiger partial charge in [-0.05, 0) is 12.8 Å². The maximum absolute atomic E-state index is 11.1. The number of hydrogen-bond donors (Lipinski definition) is 1. The molecule has 1 atom stereocenters. The monoisotopic (exact) mass is 146 g/mol.